The van der Waals surface area contributed by atoms with Crippen molar-refractivity contribution in [2.75, 3.05) is 19.0 Å². The molecule has 1 atom stereocenters. The molecule has 0 spiro atoms. The van der Waals surface area contributed by atoms with Crippen molar-refractivity contribution in [3.05, 3.63) is 27.4 Å². The lowest BCUT2D eigenvalue weighted by Crippen LogP contribution is -2.35. The van der Waals surface area contributed by atoms with E-state index in [1.54, 1.807) is 7.11 Å². The van der Waals surface area contributed by atoms with E-state index in [1.807, 2.05) is 0 Å². The number of nitrogens with two attached hydrogens (primary N) is 1. The average molecular weight is 354 g/mol. The number of nitrogens with one attached hydrogen (secondary N) is 1. The van der Waals surface area contributed by atoms with Gasteiger partial charge in [0, 0.05) is 18.2 Å². The Morgan fingerprint density at radius 2 is 2.32 bits per heavy atom. The molecular formula is C12H15BrClFN2O2. The normalized spacial score (nSPS) is 12.3. The Balaban J connectivity index is 2.66. The topological polar surface area (TPSA) is 64.3 Å². The molecule has 0 aliphatic carbocycles. The summed E-state index contributed by atoms with van der Waals surface area (Å²) in [5.41, 5.74) is 6.05. The smallest absolute Gasteiger partial charge is 0.241 e. The van der Waals surface area contributed by atoms with Crippen molar-refractivity contribution in [3.63, 3.8) is 0 Å². The van der Waals surface area contributed by atoms with Gasteiger partial charge in [-0.15, -0.1) is 0 Å². The van der Waals surface area contributed by atoms with Gasteiger partial charge in [0.2, 0.25) is 5.91 Å². The molecule has 7 heteroatoms. The summed E-state index contributed by atoms with van der Waals surface area (Å²) in [4.78, 5) is 11.8. The molecular weight excluding hydrogens is 338 g/mol. The first-order chi connectivity index (χ1) is 8.95. The molecule has 0 heterocycles. The van der Waals surface area contributed by atoms with Crippen LogP contribution >= 0.6 is 27.5 Å². The van der Waals surface area contributed by atoms with Crippen LogP contribution in [0, 0.1) is 5.82 Å². The van der Waals surface area contributed by atoms with E-state index in [4.69, 9.17) is 22.1 Å². The minimum Gasteiger partial charge on any atom is -0.385 e. The zero-order valence-electron chi connectivity index (χ0n) is 10.4. The van der Waals surface area contributed by atoms with Gasteiger partial charge in [0.15, 0.2) is 0 Å². The van der Waals surface area contributed by atoms with E-state index in [2.05, 4.69) is 21.2 Å². The van der Waals surface area contributed by atoms with Gasteiger partial charge in [-0.1, -0.05) is 11.6 Å². The SMILES string of the molecule is COCCCC(N)C(=O)Nc1c(Cl)cc(F)cc1Br. The van der Waals surface area contributed by atoms with Crippen LogP contribution in [0.5, 0.6) is 0 Å². The van der Waals surface area contributed by atoms with Crippen molar-refractivity contribution >= 4 is 39.1 Å². The lowest BCUT2D eigenvalue weighted by molar-refractivity contribution is -0.117. The molecule has 1 amide bonds. The number of rotatable bonds is 6. The number of benzene rings is 1. The molecule has 0 saturated heterocycles. The standard InChI is InChI=1S/C12H15BrClFN2O2/c1-19-4-2-3-10(16)12(18)17-11-8(13)5-7(15)6-9(11)14/h5-6,10H,2-4,16H2,1H3,(H,17,18). The molecule has 0 saturated carbocycles. The largest absolute Gasteiger partial charge is 0.385 e. The Kier molecular flexibility index (Phi) is 6.71. The van der Waals surface area contributed by atoms with Gasteiger partial charge in [-0.25, -0.2) is 4.39 Å². The number of carbonyl (C=O) groups excluding carboxylic acids is 1. The number of carbonyl (C=O) groups is 1. The van der Waals surface area contributed by atoms with Gasteiger partial charge in [0.05, 0.1) is 16.8 Å². The van der Waals surface area contributed by atoms with Crippen LogP contribution in [0.25, 0.3) is 0 Å². The summed E-state index contributed by atoms with van der Waals surface area (Å²) in [7, 11) is 1.58. The highest BCUT2D eigenvalue weighted by molar-refractivity contribution is 9.10. The molecule has 0 aliphatic heterocycles. The zero-order chi connectivity index (χ0) is 14.4. The molecule has 0 radical (unpaired) electrons. The maximum Gasteiger partial charge on any atom is 0.241 e. The van der Waals surface area contributed by atoms with E-state index in [-0.39, 0.29) is 10.9 Å². The van der Waals surface area contributed by atoms with Crippen molar-refractivity contribution in [1.29, 1.82) is 0 Å². The first-order valence-electron chi connectivity index (χ1n) is 5.65. The Hall–Kier alpha value is -0.690. The Bertz CT molecular complexity index is 436. The first kappa shape index (κ1) is 16.4. The summed E-state index contributed by atoms with van der Waals surface area (Å²) in [6, 6.07) is 1.68. The van der Waals surface area contributed by atoms with Crippen LogP contribution in [0.1, 0.15) is 12.8 Å². The van der Waals surface area contributed by atoms with Gasteiger partial charge in [0.1, 0.15) is 5.82 Å². The highest BCUT2D eigenvalue weighted by Gasteiger charge is 2.16. The van der Waals surface area contributed by atoms with Gasteiger partial charge >= 0.3 is 0 Å². The first-order valence-corrected chi connectivity index (χ1v) is 6.82. The molecule has 106 valence electrons. The predicted molar refractivity (Wildman–Crippen MR) is 76.8 cm³/mol. The van der Waals surface area contributed by atoms with Gasteiger partial charge < -0.3 is 15.8 Å². The fourth-order valence-electron chi connectivity index (χ4n) is 1.46. The minimum absolute atomic E-state index is 0.115. The van der Waals surface area contributed by atoms with E-state index < -0.39 is 11.9 Å². The fourth-order valence-corrected chi connectivity index (χ4v) is 2.36. The lowest BCUT2D eigenvalue weighted by Gasteiger charge is -2.14. The van der Waals surface area contributed by atoms with E-state index in [0.29, 0.717) is 29.6 Å². The minimum atomic E-state index is -0.664. The molecule has 19 heavy (non-hydrogen) atoms. The number of halogens is 3. The van der Waals surface area contributed by atoms with Crippen molar-refractivity contribution < 1.29 is 13.9 Å². The van der Waals surface area contributed by atoms with Gasteiger partial charge in [-0.2, -0.15) is 0 Å². The third-order valence-corrected chi connectivity index (χ3v) is 3.38. The number of hydrogen-bond acceptors (Lipinski definition) is 3. The molecule has 1 unspecified atom stereocenters. The monoisotopic (exact) mass is 352 g/mol. The summed E-state index contributed by atoms with van der Waals surface area (Å²) in [6.45, 7) is 0.544. The molecule has 0 bridgehead atoms. The molecule has 1 aromatic carbocycles. The summed E-state index contributed by atoms with van der Waals surface area (Å²) >= 11 is 9.00. The number of hydrogen-bond donors (Lipinski definition) is 2. The van der Waals surface area contributed by atoms with Gasteiger partial charge in [-0.05, 0) is 40.9 Å². The third kappa shape index (κ3) is 5.06. The molecule has 1 aromatic rings. The second kappa shape index (κ2) is 7.79. The molecule has 4 nitrogen and oxygen atoms in total. The molecule has 0 aromatic heterocycles. The van der Waals surface area contributed by atoms with Crippen molar-refractivity contribution in [3.8, 4) is 0 Å². The molecule has 3 N–H and O–H groups in total. The van der Waals surface area contributed by atoms with Gasteiger partial charge in [-0.3, -0.25) is 4.79 Å². The predicted octanol–water partition coefficient (Wildman–Crippen LogP) is 2.93. The van der Waals surface area contributed by atoms with Gasteiger partial charge in [0.25, 0.3) is 0 Å². The van der Waals surface area contributed by atoms with Crippen LogP contribution in [-0.4, -0.2) is 25.7 Å². The summed E-state index contributed by atoms with van der Waals surface area (Å²) in [6.07, 6.45) is 1.18. The maximum atomic E-state index is 13.0. The van der Waals surface area contributed by atoms with Crippen LogP contribution in [0.15, 0.2) is 16.6 Å². The summed E-state index contributed by atoms with van der Waals surface area (Å²) < 4.78 is 18.3. The van der Waals surface area contributed by atoms with Crippen molar-refractivity contribution in [2.24, 2.45) is 5.73 Å². The number of anilines is 1. The highest BCUT2D eigenvalue weighted by Crippen LogP contribution is 2.31. The summed E-state index contributed by atoms with van der Waals surface area (Å²) in [5, 5.41) is 2.70. The van der Waals surface area contributed by atoms with E-state index in [0.717, 1.165) is 6.07 Å². The summed E-state index contributed by atoms with van der Waals surface area (Å²) in [5.74, 6) is -0.857. The van der Waals surface area contributed by atoms with E-state index in [9.17, 15) is 9.18 Å². The number of methoxy groups -OCH3 is 1. The fraction of sp³-hybridized carbons (Fsp3) is 0.417. The van der Waals surface area contributed by atoms with E-state index in [1.165, 1.54) is 6.07 Å². The number of amides is 1. The average Bonchev–Trinajstić information content (AvgIpc) is 2.33. The molecule has 0 fully saturated rings. The molecule has 0 aliphatic rings. The maximum absolute atomic E-state index is 13.0. The van der Waals surface area contributed by atoms with Crippen LogP contribution in [-0.2, 0) is 9.53 Å². The van der Waals surface area contributed by atoms with Crippen molar-refractivity contribution in [1.82, 2.24) is 0 Å². The highest BCUT2D eigenvalue weighted by atomic mass is 79.9. The second-order valence-electron chi connectivity index (χ2n) is 3.98. The second-order valence-corrected chi connectivity index (χ2v) is 5.24. The molecule has 1 rings (SSSR count). The van der Waals surface area contributed by atoms with Crippen LogP contribution in [0.2, 0.25) is 5.02 Å². The Morgan fingerprint density at radius 3 is 2.89 bits per heavy atom. The number of ether oxygens (including phenoxy) is 1. The van der Waals surface area contributed by atoms with Crippen LogP contribution in [0.4, 0.5) is 10.1 Å². The van der Waals surface area contributed by atoms with Crippen molar-refractivity contribution in [2.45, 2.75) is 18.9 Å². The van der Waals surface area contributed by atoms with Crippen LogP contribution in [0.3, 0.4) is 0 Å². The third-order valence-electron chi connectivity index (χ3n) is 2.46. The zero-order valence-corrected chi connectivity index (χ0v) is 12.7. The van der Waals surface area contributed by atoms with Crippen LogP contribution < -0.4 is 11.1 Å². The Labute approximate surface area is 124 Å². The lowest BCUT2D eigenvalue weighted by atomic mass is 10.1. The quantitative estimate of drug-likeness (QED) is 0.773. The van der Waals surface area contributed by atoms with E-state index >= 15 is 0 Å². The Morgan fingerprint density at radius 1 is 1.63 bits per heavy atom.